The second-order valence-electron chi connectivity index (χ2n) is 28.7. The molecule has 80 heavy (non-hydrogen) atoms. The van der Waals surface area contributed by atoms with Crippen molar-refractivity contribution in [2.24, 2.45) is 56.7 Å². The topological polar surface area (TPSA) is 255 Å². The van der Waals surface area contributed by atoms with E-state index in [9.17, 15) is 24.0 Å². The molecule has 10 rings (SSSR count). The smallest absolute Gasteiger partial charge is 0.240 e. The van der Waals surface area contributed by atoms with Crippen molar-refractivity contribution in [1.82, 2.24) is 35.3 Å². The van der Waals surface area contributed by atoms with E-state index in [0.29, 0.717) is 29.1 Å². The molecule has 20 heteroatoms. The van der Waals surface area contributed by atoms with E-state index in [-0.39, 0.29) is 85.7 Å². The third-order valence-corrected chi connectivity index (χ3v) is 19.9. The molecular weight excluding hydrogens is 1050 g/mol. The summed E-state index contributed by atoms with van der Waals surface area (Å²) in [6.45, 7) is 52.4. The highest BCUT2D eigenvalue weighted by Gasteiger charge is 2.63. The molecule has 0 fully saturated rings. The van der Waals surface area contributed by atoms with Crippen LogP contribution in [0.1, 0.15) is 201 Å². The SMILES string of the molecule is CC(C)C1(C(C)(C)C)C(=O)Nc2n[nH]nc21.CC(C)C1(C(C)(C)C)C(=O)Nc2nc[nH]c21.CC(C)C1(C(C)(C)C)C(=O)Nc2ncoc21.CC(C)C1(C(C)(C)C)C(=O)Nc2ncsc21.CC(C)C1(C(C)(C)C)C(=O)Nc2sccc21. The number of oxazole rings is 1. The number of amides is 5. The highest BCUT2D eigenvalue weighted by Crippen LogP contribution is 2.58. The number of anilines is 5. The maximum absolute atomic E-state index is 12.4. The van der Waals surface area contributed by atoms with Crippen LogP contribution in [0.15, 0.2) is 34.1 Å². The maximum atomic E-state index is 12.4. The zero-order chi connectivity index (χ0) is 60.7. The molecule has 7 N–H and O–H groups in total. The minimum atomic E-state index is -0.626. The fourth-order valence-corrected chi connectivity index (χ4v) is 17.5. The number of aromatic nitrogens is 7. The molecule has 0 saturated carbocycles. The molecule has 0 spiro atoms. The number of rotatable bonds is 5. The summed E-state index contributed by atoms with van der Waals surface area (Å²) in [5.74, 6) is 4.71. The quantitative estimate of drug-likeness (QED) is 0.0871. The lowest BCUT2D eigenvalue weighted by molar-refractivity contribution is -0.128. The number of thiazole rings is 1. The fraction of sp³-hybridized carbons (Fsp3) is 0.667. The van der Waals surface area contributed by atoms with Crippen LogP contribution in [-0.2, 0) is 51.0 Å². The summed E-state index contributed by atoms with van der Waals surface area (Å²) in [5, 5.41) is 28.3. The Balaban J connectivity index is 0.000000161. The van der Waals surface area contributed by atoms with Gasteiger partial charge >= 0.3 is 0 Å². The molecule has 0 aromatic carbocycles. The number of hydrogen-bond donors (Lipinski definition) is 7. The lowest BCUT2D eigenvalue weighted by atomic mass is 9.58. The van der Waals surface area contributed by atoms with Crippen LogP contribution in [0.25, 0.3) is 0 Å². The second-order valence-corrected chi connectivity index (χ2v) is 30.5. The van der Waals surface area contributed by atoms with Gasteiger partial charge in [-0.2, -0.15) is 15.3 Å². The van der Waals surface area contributed by atoms with Crippen LogP contribution in [0.3, 0.4) is 0 Å². The molecule has 10 heterocycles. The van der Waals surface area contributed by atoms with Gasteiger partial charge in [-0.25, -0.2) is 9.97 Å². The molecule has 0 saturated heterocycles. The molecule has 440 valence electrons. The number of nitrogens with zero attached hydrogens (tertiary/aromatic N) is 5. The minimum Gasteiger partial charge on any atom is -0.445 e. The third-order valence-electron chi connectivity index (χ3n) is 18.1. The standard InChI is InChI=1S/C13H19NOS.C12H19N3O.C12H18N2O2.C12H18N2OS.C11H18N4O/c1-8(2)13(12(3,4)5)9-6-7-16-10(9)14-11(13)15;1-7(2)12(11(3,4)5)8-9(14-6-13-8)15-10(12)16;2*1-7(2)12(11(3,4)5)8-9(13-6-16-8)14-10(12)15;1-6(2)11(10(3,4)5)7-8(12-9(11)16)14-15-13-7/h6-8H,1-5H3,(H,14,15);6-7H,1-5H3,(H,13,14)(H,15,16);2*6-7H,1-5H3,(H,14,15);6H,1-5H3,(H2,12,13,14,15,16). The molecule has 5 amide bonds. The van der Waals surface area contributed by atoms with Gasteiger partial charge in [0.05, 0.1) is 38.2 Å². The summed E-state index contributed by atoms with van der Waals surface area (Å²) in [7, 11) is 0. The number of thiophene rings is 1. The van der Waals surface area contributed by atoms with E-state index in [4.69, 9.17) is 4.42 Å². The van der Waals surface area contributed by atoms with Crippen LogP contribution in [0.4, 0.5) is 28.3 Å². The Kier molecular flexibility index (Phi) is 16.8. The number of carbonyl (C=O) groups is 5. The summed E-state index contributed by atoms with van der Waals surface area (Å²) >= 11 is 3.20. The number of imidazole rings is 1. The maximum Gasteiger partial charge on any atom is 0.240 e. The van der Waals surface area contributed by atoms with Crippen LogP contribution < -0.4 is 26.6 Å². The highest BCUT2D eigenvalue weighted by molar-refractivity contribution is 7.14. The van der Waals surface area contributed by atoms with E-state index in [1.807, 2.05) is 19.4 Å². The lowest BCUT2D eigenvalue weighted by Crippen LogP contribution is -2.50. The first-order valence-electron chi connectivity index (χ1n) is 28.1. The van der Waals surface area contributed by atoms with Gasteiger partial charge in [0, 0.05) is 5.56 Å². The monoisotopic (exact) mass is 1140 g/mol. The Hall–Kier alpha value is -5.76. The van der Waals surface area contributed by atoms with Gasteiger partial charge in [-0.05, 0) is 68.1 Å². The summed E-state index contributed by atoms with van der Waals surface area (Å²) in [5.41, 5.74) is 1.36. The van der Waals surface area contributed by atoms with Crippen molar-refractivity contribution in [2.75, 3.05) is 26.6 Å². The molecule has 5 aromatic rings. The number of hydrogen-bond acceptors (Lipinski definition) is 13. The number of H-pyrrole nitrogens is 2. The van der Waals surface area contributed by atoms with E-state index < -0.39 is 21.7 Å². The van der Waals surface area contributed by atoms with Gasteiger partial charge in [0.15, 0.2) is 29.6 Å². The minimum absolute atomic E-state index is 0.00292. The van der Waals surface area contributed by atoms with Crippen LogP contribution in [0.5, 0.6) is 0 Å². The average Bonchev–Trinajstić information content (AvgIpc) is 4.12. The highest BCUT2D eigenvalue weighted by atomic mass is 32.1. The fourth-order valence-electron chi connectivity index (χ4n) is 15.4. The summed E-state index contributed by atoms with van der Waals surface area (Å²) in [6.07, 6.45) is 3.04. The lowest BCUT2D eigenvalue weighted by Gasteiger charge is -2.43. The molecule has 5 atom stereocenters. The number of aromatic amines is 2. The molecule has 5 unspecified atom stereocenters. The predicted molar refractivity (Wildman–Crippen MR) is 321 cm³/mol. The summed E-state index contributed by atoms with van der Waals surface area (Å²) in [4.78, 5) is 78.3. The normalized spacial score (nSPS) is 24.8. The van der Waals surface area contributed by atoms with E-state index >= 15 is 0 Å². The first kappa shape index (κ1) is 63.4. The Morgan fingerprint density at radius 1 is 0.463 bits per heavy atom. The van der Waals surface area contributed by atoms with Gasteiger partial charge in [-0.15, -0.1) is 27.8 Å². The Labute approximate surface area is 482 Å². The Morgan fingerprint density at radius 3 is 1.40 bits per heavy atom. The van der Waals surface area contributed by atoms with Crippen molar-refractivity contribution in [2.45, 2.75) is 200 Å². The number of fused-ring (bicyclic) bond motifs is 5. The summed E-state index contributed by atoms with van der Waals surface area (Å²) in [6, 6.07) is 2.10. The molecule has 0 aliphatic carbocycles. The molecule has 0 bridgehead atoms. The molecule has 18 nitrogen and oxygen atoms in total. The summed E-state index contributed by atoms with van der Waals surface area (Å²) < 4.78 is 5.46. The Morgan fingerprint density at radius 2 is 0.900 bits per heavy atom. The van der Waals surface area contributed by atoms with E-state index in [2.05, 4.69) is 233 Å². The molecule has 5 aromatic heterocycles. The molecular formula is C60H92N12O6S2. The molecule has 5 aliphatic rings. The van der Waals surface area contributed by atoms with Gasteiger partial charge in [0.25, 0.3) is 0 Å². The molecule has 0 radical (unpaired) electrons. The first-order valence-corrected chi connectivity index (χ1v) is 29.8. The average molecular weight is 1140 g/mol. The third kappa shape index (κ3) is 9.24. The van der Waals surface area contributed by atoms with Crippen molar-refractivity contribution >= 4 is 80.5 Å². The number of nitrogens with one attached hydrogen (secondary N) is 7. The van der Waals surface area contributed by atoms with E-state index in [1.165, 1.54) is 12.0 Å². The first-order chi connectivity index (χ1) is 36.6. The largest absolute Gasteiger partial charge is 0.445 e. The van der Waals surface area contributed by atoms with Gasteiger partial charge in [-0.3, -0.25) is 24.0 Å². The van der Waals surface area contributed by atoms with Crippen molar-refractivity contribution in [3.05, 3.63) is 57.3 Å². The zero-order valence-electron chi connectivity index (χ0n) is 52.3. The van der Waals surface area contributed by atoms with Crippen LogP contribution in [0.2, 0.25) is 0 Å². The van der Waals surface area contributed by atoms with Gasteiger partial charge in [-0.1, -0.05) is 173 Å². The Bertz CT molecular complexity index is 2630. The number of carbonyl (C=O) groups excluding carboxylic acids is 5. The van der Waals surface area contributed by atoms with Crippen LogP contribution >= 0.6 is 22.7 Å². The van der Waals surface area contributed by atoms with Crippen molar-refractivity contribution in [1.29, 1.82) is 0 Å². The van der Waals surface area contributed by atoms with Gasteiger partial charge in [0.1, 0.15) is 27.8 Å². The van der Waals surface area contributed by atoms with E-state index in [0.717, 1.165) is 27.1 Å². The van der Waals surface area contributed by atoms with Crippen molar-refractivity contribution < 1.29 is 28.4 Å². The predicted octanol–water partition coefficient (Wildman–Crippen LogP) is 13.2. The van der Waals surface area contributed by atoms with Crippen molar-refractivity contribution in [3.63, 3.8) is 0 Å². The van der Waals surface area contributed by atoms with Crippen LogP contribution in [-0.4, -0.2) is 64.9 Å². The van der Waals surface area contributed by atoms with Gasteiger partial charge < -0.3 is 36.0 Å². The second kappa shape index (κ2) is 21.2. The van der Waals surface area contributed by atoms with Gasteiger partial charge in [0.2, 0.25) is 29.5 Å². The zero-order valence-corrected chi connectivity index (χ0v) is 53.9. The molecule has 5 aliphatic heterocycles. The van der Waals surface area contributed by atoms with E-state index in [1.54, 1.807) is 29.0 Å². The van der Waals surface area contributed by atoms with Crippen LogP contribution in [0, 0.1) is 56.7 Å². The van der Waals surface area contributed by atoms with Crippen molar-refractivity contribution in [3.8, 4) is 0 Å².